The molecule has 1 amide bonds. The Hall–Kier alpha value is -3.43. The van der Waals surface area contributed by atoms with Gasteiger partial charge in [-0.3, -0.25) is 9.80 Å². The third-order valence-electron chi connectivity index (χ3n) is 4.67. The van der Waals surface area contributed by atoms with Crippen molar-refractivity contribution >= 4 is 29.3 Å². The van der Waals surface area contributed by atoms with Crippen LogP contribution in [0.15, 0.2) is 53.6 Å². The minimum atomic E-state index is -3.08. The first-order valence-corrected chi connectivity index (χ1v) is 9.49. The van der Waals surface area contributed by atoms with Crippen LogP contribution in [0.4, 0.5) is 28.9 Å². The number of nitrogens with zero attached hydrogens (tertiary/aromatic N) is 3. The van der Waals surface area contributed by atoms with E-state index in [2.05, 4.69) is 9.84 Å². The Balaban J connectivity index is 2.20. The second-order valence-electron chi connectivity index (χ2n) is 7.09. The molecule has 2 aromatic carbocycles. The molecule has 0 heterocycles. The molecule has 2 aromatic rings. The number of amides is 1. The molecule has 10 heteroatoms. The van der Waals surface area contributed by atoms with E-state index in [1.54, 1.807) is 7.05 Å². The highest BCUT2D eigenvalue weighted by Gasteiger charge is 2.28. The summed E-state index contributed by atoms with van der Waals surface area (Å²) in [7, 11) is 2.93. The minimum Gasteiger partial charge on any atom is -0.435 e. The van der Waals surface area contributed by atoms with Crippen LogP contribution in [-0.4, -0.2) is 38.6 Å². The molecule has 0 N–H and O–H groups in total. The molecule has 6 nitrogen and oxygen atoms in total. The highest BCUT2D eigenvalue weighted by molar-refractivity contribution is 6.18. The van der Waals surface area contributed by atoms with Crippen molar-refractivity contribution in [3.8, 4) is 5.75 Å². The van der Waals surface area contributed by atoms with Gasteiger partial charge < -0.3 is 14.4 Å². The average molecular weight is 453 g/mol. The van der Waals surface area contributed by atoms with Crippen molar-refractivity contribution in [2.75, 3.05) is 24.0 Å². The number of benzene rings is 2. The number of carbonyl (C=O) groups excluding carboxylic acids is 2. The second-order valence-corrected chi connectivity index (χ2v) is 7.09. The van der Waals surface area contributed by atoms with Crippen molar-refractivity contribution in [3.63, 3.8) is 0 Å². The lowest BCUT2D eigenvalue weighted by Gasteiger charge is -2.23. The Morgan fingerprint density at radius 1 is 1.09 bits per heavy atom. The van der Waals surface area contributed by atoms with Crippen LogP contribution >= 0.6 is 0 Å². The van der Waals surface area contributed by atoms with E-state index in [9.17, 15) is 27.2 Å². The Morgan fingerprint density at radius 3 is 2.25 bits per heavy atom. The first-order chi connectivity index (χ1) is 14.9. The molecular weight excluding hydrogens is 430 g/mol. The predicted octanol–water partition coefficient (Wildman–Crippen LogP) is 4.69. The average Bonchev–Trinajstić information content (AvgIpc) is 2.73. The van der Waals surface area contributed by atoms with Gasteiger partial charge in [-0.15, -0.1) is 0 Å². The molecule has 1 unspecified atom stereocenters. The molecule has 0 saturated heterocycles. The summed E-state index contributed by atoms with van der Waals surface area (Å²) >= 11 is 0. The van der Waals surface area contributed by atoms with Gasteiger partial charge in [-0.05, 0) is 43.3 Å². The first kappa shape index (κ1) is 24.8. The zero-order chi connectivity index (χ0) is 24.1. The molecule has 172 valence electrons. The Labute approximate surface area is 183 Å². The summed E-state index contributed by atoms with van der Waals surface area (Å²) in [5.41, 5.74) is 0.594. The summed E-state index contributed by atoms with van der Waals surface area (Å²) in [4.78, 5) is 25.6. The zero-order valence-corrected chi connectivity index (χ0v) is 17.9. The van der Waals surface area contributed by atoms with E-state index in [1.807, 2.05) is 0 Å². The summed E-state index contributed by atoms with van der Waals surface area (Å²) in [6, 6.07) is 10.9. The van der Waals surface area contributed by atoms with E-state index in [4.69, 9.17) is 0 Å². The normalized spacial score (nSPS) is 13.0. The molecule has 1 atom stereocenters. The smallest absolute Gasteiger partial charge is 0.387 e. The lowest BCUT2D eigenvalue weighted by molar-refractivity contribution is -0.124. The van der Waals surface area contributed by atoms with Crippen LogP contribution in [0.5, 0.6) is 5.75 Å². The van der Waals surface area contributed by atoms with Crippen molar-refractivity contribution in [1.29, 1.82) is 0 Å². The summed E-state index contributed by atoms with van der Waals surface area (Å²) < 4.78 is 56.0. The van der Waals surface area contributed by atoms with Crippen LogP contribution < -0.4 is 14.6 Å². The van der Waals surface area contributed by atoms with Crippen LogP contribution in [0.2, 0.25) is 0 Å². The van der Waals surface area contributed by atoms with Gasteiger partial charge in [0, 0.05) is 32.3 Å². The second kappa shape index (κ2) is 10.3. The molecule has 2 rings (SSSR count). The zero-order valence-electron chi connectivity index (χ0n) is 17.9. The van der Waals surface area contributed by atoms with E-state index in [0.29, 0.717) is 12.0 Å². The lowest BCUT2D eigenvalue weighted by Crippen LogP contribution is -2.38. The number of alkyl halides is 4. The maximum atomic E-state index is 13.6. The molecule has 0 aromatic heterocycles. The Kier molecular flexibility index (Phi) is 7.96. The minimum absolute atomic E-state index is 0.0275. The molecule has 0 saturated carbocycles. The van der Waals surface area contributed by atoms with Gasteiger partial charge in [-0.2, -0.15) is 13.9 Å². The first-order valence-electron chi connectivity index (χ1n) is 9.49. The van der Waals surface area contributed by atoms with Crippen LogP contribution in [0.3, 0.4) is 0 Å². The van der Waals surface area contributed by atoms with Gasteiger partial charge >= 0.3 is 6.61 Å². The lowest BCUT2D eigenvalue weighted by atomic mass is 10.0. The monoisotopic (exact) mass is 453 g/mol. The summed E-state index contributed by atoms with van der Waals surface area (Å²) in [6.07, 6.45) is 0.420. The van der Waals surface area contributed by atoms with Gasteiger partial charge in [0.1, 0.15) is 18.0 Å². The van der Waals surface area contributed by atoms with Gasteiger partial charge in [0.25, 0.3) is 5.92 Å². The number of aldehydes is 1. The molecule has 0 fully saturated rings. The number of hydrogen-bond acceptors (Lipinski definition) is 5. The quantitative estimate of drug-likeness (QED) is 0.182. The molecule has 0 spiro atoms. The summed E-state index contributed by atoms with van der Waals surface area (Å²) in [6.45, 7) is -0.716. The topological polar surface area (TPSA) is 62.2 Å². The molecular formula is C22H23F4N3O3. The number of ether oxygens (including phenoxy) is 1. The molecule has 0 aliphatic heterocycles. The number of anilines is 2. The number of carbonyl (C=O) groups is 2. The van der Waals surface area contributed by atoms with Crippen LogP contribution in [0.25, 0.3) is 0 Å². The van der Waals surface area contributed by atoms with Gasteiger partial charge in [0.05, 0.1) is 11.4 Å². The van der Waals surface area contributed by atoms with E-state index in [1.165, 1.54) is 67.5 Å². The third kappa shape index (κ3) is 6.29. The molecule has 0 aliphatic rings. The standard InChI is InChI=1S/C22H23F4N3O3/c1-14(27-29(4)16-8-10-18(11-9-16)32-21(23)24)19(13-30)20(31)28(3)17-7-5-6-15(12-17)22(2,25)26/h5-13,19,21H,1-4H3/b27-14-. The Morgan fingerprint density at radius 2 is 1.72 bits per heavy atom. The number of hydrogen-bond donors (Lipinski definition) is 0. The molecule has 0 bridgehead atoms. The molecule has 0 aliphatic carbocycles. The fraction of sp³-hybridized carbons (Fsp3) is 0.318. The maximum Gasteiger partial charge on any atom is 0.387 e. The van der Waals surface area contributed by atoms with Crippen molar-refractivity contribution < 1.29 is 31.9 Å². The van der Waals surface area contributed by atoms with Gasteiger partial charge in [-0.25, -0.2) is 8.78 Å². The fourth-order valence-corrected chi connectivity index (χ4v) is 2.86. The van der Waals surface area contributed by atoms with Crippen molar-refractivity contribution in [2.24, 2.45) is 11.0 Å². The van der Waals surface area contributed by atoms with Crippen LogP contribution in [0.1, 0.15) is 19.4 Å². The van der Waals surface area contributed by atoms with Crippen LogP contribution in [-0.2, 0) is 15.5 Å². The highest BCUT2D eigenvalue weighted by Crippen LogP contribution is 2.30. The van der Waals surface area contributed by atoms with Crippen molar-refractivity contribution in [2.45, 2.75) is 26.4 Å². The van der Waals surface area contributed by atoms with Gasteiger partial charge in [0.2, 0.25) is 5.91 Å². The molecule has 0 radical (unpaired) electrons. The van der Waals surface area contributed by atoms with E-state index < -0.39 is 24.4 Å². The largest absolute Gasteiger partial charge is 0.435 e. The maximum absolute atomic E-state index is 13.6. The van der Waals surface area contributed by atoms with Gasteiger partial charge in [-0.1, -0.05) is 12.1 Å². The summed E-state index contributed by atoms with van der Waals surface area (Å²) in [5.74, 6) is -5.01. The number of hydrazone groups is 1. The highest BCUT2D eigenvalue weighted by atomic mass is 19.3. The predicted molar refractivity (Wildman–Crippen MR) is 114 cm³/mol. The fourth-order valence-electron chi connectivity index (χ4n) is 2.86. The molecule has 32 heavy (non-hydrogen) atoms. The number of halogens is 4. The Bertz CT molecular complexity index is 975. The number of rotatable bonds is 9. The van der Waals surface area contributed by atoms with Crippen molar-refractivity contribution in [1.82, 2.24) is 0 Å². The van der Waals surface area contributed by atoms with E-state index in [0.717, 1.165) is 11.8 Å². The van der Waals surface area contributed by atoms with E-state index in [-0.39, 0.29) is 22.7 Å². The van der Waals surface area contributed by atoms with Crippen LogP contribution in [0, 0.1) is 5.92 Å². The van der Waals surface area contributed by atoms with E-state index >= 15 is 0 Å². The van der Waals surface area contributed by atoms with Crippen molar-refractivity contribution in [3.05, 3.63) is 54.1 Å². The summed E-state index contributed by atoms with van der Waals surface area (Å²) in [5, 5.41) is 5.59. The SMILES string of the molecule is C/C(=N/N(C)c1ccc(OC(F)F)cc1)C(C=O)C(=O)N(C)c1cccc(C(C)(F)F)c1. The van der Waals surface area contributed by atoms with Gasteiger partial charge in [0.15, 0.2) is 0 Å². The third-order valence-corrected chi connectivity index (χ3v) is 4.67.